The standard InChI is InChI=1S/C16H32N2O4/c1-10(2)12(18-14(20)22-16(7,8)9)11(3)17-13(19)21-15(4,5)6/h10-12H,1-9H3,(H,17,19)(H,18,20)/t11-,12-/m0/s1. The lowest BCUT2D eigenvalue weighted by Crippen LogP contribution is -2.54. The highest BCUT2D eigenvalue weighted by atomic mass is 16.6. The maximum atomic E-state index is 11.9. The van der Waals surface area contributed by atoms with E-state index in [0.29, 0.717) is 0 Å². The lowest BCUT2D eigenvalue weighted by Gasteiger charge is -2.31. The highest BCUT2D eigenvalue weighted by Crippen LogP contribution is 2.12. The van der Waals surface area contributed by atoms with E-state index >= 15 is 0 Å². The maximum absolute atomic E-state index is 11.9. The molecule has 0 aromatic heterocycles. The number of hydrogen-bond donors (Lipinski definition) is 2. The molecule has 22 heavy (non-hydrogen) atoms. The van der Waals surface area contributed by atoms with Gasteiger partial charge in [-0.2, -0.15) is 0 Å². The van der Waals surface area contributed by atoms with Crippen molar-refractivity contribution in [1.82, 2.24) is 10.6 Å². The van der Waals surface area contributed by atoms with Crippen LogP contribution in [0.1, 0.15) is 62.3 Å². The van der Waals surface area contributed by atoms with Gasteiger partial charge in [-0.3, -0.25) is 0 Å². The molecule has 0 saturated heterocycles. The van der Waals surface area contributed by atoms with Crippen molar-refractivity contribution in [2.75, 3.05) is 0 Å². The van der Waals surface area contributed by atoms with Gasteiger partial charge in [-0.1, -0.05) is 13.8 Å². The minimum Gasteiger partial charge on any atom is -0.444 e. The predicted molar refractivity (Wildman–Crippen MR) is 86.8 cm³/mol. The molecule has 0 heterocycles. The molecule has 0 aliphatic rings. The Labute approximate surface area is 134 Å². The lowest BCUT2D eigenvalue weighted by atomic mass is 9.98. The van der Waals surface area contributed by atoms with Crippen LogP contribution in [0.2, 0.25) is 0 Å². The zero-order valence-electron chi connectivity index (χ0n) is 15.4. The number of carbonyl (C=O) groups excluding carboxylic acids is 2. The summed E-state index contributed by atoms with van der Waals surface area (Å²) in [6, 6.07) is -0.551. The first-order valence-corrected chi connectivity index (χ1v) is 7.70. The third-order valence-electron chi connectivity index (χ3n) is 2.68. The smallest absolute Gasteiger partial charge is 0.407 e. The predicted octanol–water partition coefficient (Wildman–Crippen LogP) is 3.45. The van der Waals surface area contributed by atoms with Crippen molar-refractivity contribution in [3.05, 3.63) is 0 Å². The van der Waals surface area contributed by atoms with Gasteiger partial charge >= 0.3 is 12.2 Å². The van der Waals surface area contributed by atoms with E-state index in [0.717, 1.165) is 0 Å². The van der Waals surface area contributed by atoms with Gasteiger partial charge in [0.25, 0.3) is 0 Å². The molecule has 0 spiro atoms. The van der Waals surface area contributed by atoms with E-state index in [1.54, 1.807) is 41.5 Å². The van der Waals surface area contributed by atoms with Crippen molar-refractivity contribution in [3.8, 4) is 0 Å². The number of amides is 2. The summed E-state index contributed by atoms with van der Waals surface area (Å²) in [4.78, 5) is 23.7. The van der Waals surface area contributed by atoms with Crippen LogP contribution in [0.15, 0.2) is 0 Å². The molecular formula is C16H32N2O4. The van der Waals surface area contributed by atoms with E-state index in [-0.39, 0.29) is 18.0 Å². The summed E-state index contributed by atoms with van der Waals surface area (Å²) in [5, 5.41) is 5.56. The van der Waals surface area contributed by atoms with E-state index in [2.05, 4.69) is 10.6 Å². The topological polar surface area (TPSA) is 76.7 Å². The van der Waals surface area contributed by atoms with Crippen LogP contribution < -0.4 is 10.6 Å². The number of rotatable bonds is 4. The Balaban J connectivity index is 4.68. The van der Waals surface area contributed by atoms with Crippen molar-refractivity contribution in [3.63, 3.8) is 0 Å². The van der Waals surface area contributed by atoms with Crippen LogP contribution in [0.4, 0.5) is 9.59 Å². The summed E-state index contributed by atoms with van der Waals surface area (Å²) in [5.74, 6) is 0.123. The van der Waals surface area contributed by atoms with Crippen LogP contribution >= 0.6 is 0 Å². The molecule has 0 unspecified atom stereocenters. The molecule has 0 aliphatic carbocycles. The minimum absolute atomic E-state index is 0.123. The first kappa shape index (κ1) is 20.5. The normalized spacial score (nSPS) is 15.0. The molecule has 0 aliphatic heterocycles. The number of alkyl carbamates (subject to hydrolysis) is 2. The molecule has 0 saturated carbocycles. The molecule has 0 rings (SSSR count). The summed E-state index contributed by atoms with van der Waals surface area (Å²) in [7, 11) is 0. The fourth-order valence-corrected chi connectivity index (χ4v) is 1.90. The van der Waals surface area contributed by atoms with E-state index in [4.69, 9.17) is 9.47 Å². The van der Waals surface area contributed by atoms with Crippen molar-refractivity contribution < 1.29 is 19.1 Å². The first-order chi connectivity index (χ1) is 9.71. The van der Waals surface area contributed by atoms with Crippen LogP contribution in [-0.2, 0) is 9.47 Å². The fourth-order valence-electron chi connectivity index (χ4n) is 1.90. The highest BCUT2D eigenvalue weighted by molar-refractivity contribution is 5.70. The number of hydrogen-bond acceptors (Lipinski definition) is 4. The third kappa shape index (κ3) is 9.47. The molecule has 6 heteroatoms. The lowest BCUT2D eigenvalue weighted by molar-refractivity contribution is 0.0416. The second-order valence-corrected chi connectivity index (χ2v) is 7.85. The molecule has 0 fully saturated rings. The molecule has 6 nitrogen and oxygen atoms in total. The van der Waals surface area contributed by atoms with Gasteiger partial charge in [0.15, 0.2) is 0 Å². The van der Waals surface area contributed by atoms with Gasteiger partial charge in [-0.25, -0.2) is 9.59 Å². The summed E-state index contributed by atoms with van der Waals surface area (Å²) < 4.78 is 10.5. The zero-order valence-corrected chi connectivity index (χ0v) is 15.4. The molecule has 2 N–H and O–H groups in total. The van der Waals surface area contributed by atoms with Gasteiger partial charge in [0, 0.05) is 6.04 Å². The Morgan fingerprint density at radius 2 is 1.14 bits per heavy atom. The summed E-state index contributed by atoms with van der Waals surface area (Å²) in [5.41, 5.74) is -1.12. The minimum atomic E-state index is -0.562. The van der Waals surface area contributed by atoms with Crippen LogP contribution in [0.3, 0.4) is 0 Å². The summed E-state index contributed by atoms with van der Waals surface area (Å²) in [6.07, 6.45) is -0.999. The van der Waals surface area contributed by atoms with E-state index in [1.165, 1.54) is 0 Å². The first-order valence-electron chi connectivity index (χ1n) is 7.70. The average Bonchev–Trinajstić information content (AvgIpc) is 2.19. The molecule has 0 bridgehead atoms. The number of ether oxygens (including phenoxy) is 2. The molecule has 130 valence electrons. The van der Waals surface area contributed by atoms with Gasteiger partial charge in [0.1, 0.15) is 11.2 Å². The van der Waals surface area contributed by atoms with E-state index < -0.39 is 23.4 Å². The Kier molecular flexibility index (Phi) is 7.19. The fraction of sp³-hybridized carbons (Fsp3) is 0.875. The SMILES string of the molecule is CC(C)[C@H](NC(=O)OC(C)(C)C)[C@H](C)NC(=O)OC(C)(C)C. The van der Waals surface area contributed by atoms with Crippen molar-refractivity contribution in [2.24, 2.45) is 5.92 Å². The average molecular weight is 316 g/mol. The van der Waals surface area contributed by atoms with Crippen molar-refractivity contribution in [1.29, 1.82) is 0 Å². The molecule has 0 aromatic carbocycles. The van der Waals surface area contributed by atoms with Crippen LogP contribution in [0.25, 0.3) is 0 Å². The second-order valence-electron chi connectivity index (χ2n) is 7.85. The Hall–Kier alpha value is -1.46. The molecule has 2 amide bonds. The van der Waals surface area contributed by atoms with Gasteiger partial charge in [-0.05, 0) is 54.4 Å². The number of nitrogens with one attached hydrogen (secondary N) is 2. The van der Waals surface area contributed by atoms with Crippen LogP contribution in [0.5, 0.6) is 0 Å². The Morgan fingerprint density at radius 3 is 1.45 bits per heavy atom. The van der Waals surface area contributed by atoms with E-state index in [9.17, 15) is 9.59 Å². The van der Waals surface area contributed by atoms with Gasteiger partial charge in [0.05, 0.1) is 6.04 Å². The Bertz CT molecular complexity index is 381. The molecule has 2 atom stereocenters. The third-order valence-corrected chi connectivity index (χ3v) is 2.68. The largest absolute Gasteiger partial charge is 0.444 e. The molecule has 0 aromatic rings. The number of carbonyl (C=O) groups is 2. The summed E-state index contributed by atoms with van der Waals surface area (Å²) >= 11 is 0. The van der Waals surface area contributed by atoms with Crippen LogP contribution in [0, 0.1) is 5.92 Å². The second kappa shape index (κ2) is 7.70. The van der Waals surface area contributed by atoms with Crippen molar-refractivity contribution in [2.45, 2.75) is 85.6 Å². The van der Waals surface area contributed by atoms with Gasteiger partial charge in [0.2, 0.25) is 0 Å². The summed E-state index contributed by atoms with van der Waals surface area (Å²) in [6.45, 7) is 16.6. The highest BCUT2D eigenvalue weighted by Gasteiger charge is 2.28. The molecule has 0 radical (unpaired) electrons. The zero-order chi connectivity index (χ0) is 17.7. The molecular weight excluding hydrogens is 284 g/mol. The van der Waals surface area contributed by atoms with Crippen molar-refractivity contribution >= 4 is 12.2 Å². The van der Waals surface area contributed by atoms with Gasteiger partial charge in [-0.15, -0.1) is 0 Å². The van der Waals surface area contributed by atoms with Gasteiger partial charge < -0.3 is 20.1 Å². The maximum Gasteiger partial charge on any atom is 0.407 e. The van der Waals surface area contributed by atoms with E-state index in [1.807, 2.05) is 20.8 Å². The quantitative estimate of drug-likeness (QED) is 0.833. The Morgan fingerprint density at radius 1 is 0.773 bits per heavy atom. The monoisotopic (exact) mass is 316 g/mol. The van der Waals surface area contributed by atoms with Crippen LogP contribution in [-0.4, -0.2) is 35.5 Å².